The van der Waals surface area contributed by atoms with Gasteiger partial charge in [0.2, 0.25) is 0 Å². The molecule has 0 aromatic carbocycles. The molecule has 2 aromatic heterocycles. The Morgan fingerprint density at radius 3 is 2.71 bits per heavy atom. The van der Waals surface area contributed by atoms with Crippen LogP contribution in [0.1, 0.15) is 37.7 Å². The van der Waals surface area contributed by atoms with Crippen LogP contribution in [-0.4, -0.2) is 14.6 Å². The normalized spacial score (nSPS) is 11.4. The minimum absolute atomic E-state index is 0.183. The van der Waals surface area contributed by atoms with E-state index in [9.17, 15) is 5.26 Å². The Morgan fingerprint density at radius 1 is 1.47 bits per heavy atom. The highest BCUT2D eigenvalue weighted by atomic mass is 15.3. The van der Waals surface area contributed by atoms with Crippen LogP contribution < -0.4 is 0 Å². The molecule has 4 heteroatoms. The van der Waals surface area contributed by atoms with Crippen LogP contribution in [0, 0.1) is 11.3 Å². The standard InChI is InChI=1S/C13H14N4/c1-5-9-6-7-15-12-10(8-14)11(13(2,3)4)16-17(9)12/h5-7H,1H2,2-4H3. The van der Waals surface area contributed by atoms with Crippen molar-refractivity contribution in [1.29, 1.82) is 5.26 Å². The van der Waals surface area contributed by atoms with Crippen molar-refractivity contribution in [1.82, 2.24) is 14.6 Å². The molecule has 2 heterocycles. The van der Waals surface area contributed by atoms with E-state index in [2.05, 4.69) is 22.7 Å². The van der Waals surface area contributed by atoms with Crippen LogP contribution >= 0.6 is 0 Å². The van der Waals surface area contributed by atoms with Gasteiger partial charge in [-0.2, -0.15) is 10.4 Å². The van der Waals surface area contributed by atoms with Crippen molar-refractivity contribution in [2.75, 3.05) is 0 Å². The van der Waals surface area contributed by atoms with Gasteiger partial charge >= 0.3 is 0 Å². The van der Waals surface area contributed by atoms with E-state index >= 15 is 0 Å². The van der Waals surface area contributed by atoms with E-state index in [-0.39, 0.29) is 5.41 Å². The van der Waals surface area contributed by atoms with E-state index in [1.165, 1.54) is 0 Å². The molecule has 0 unspecified atom stereocenters. The molecule has 0 saturated carbocycles. The van der Waals surface area contributed by atoms with Crippen molar-refractivity contribution in [3.05, 3.63) is 35.8 Å². The van der Waals surface area contributed by atoms with Gasteiger partial charge < -0.3 is 0 Å². The van der Waals surface area contributed by atoms with Gasteiger partial charge in [-0.1, -0.05) is 27.4 Å². The maximum absolute atomic E-state index is 9.26. The molecule has 0 atom stereocenters. The molecule has 0 spiro atoms. The third-order valence-corrected chi connectivity index (χ3v) is 2.58. The Balaban J connectivity index is 2.90. The first-order valence-corrected chi connectivity index (χ1v) is 5.40. The fraction of sp³-hybridized carbons (Fsp3) is 0.308. The predicted molar refractivity (Wildman–Crippen MR) is 66.5 cm³/mol. The molecule has 0 saturated heterocycles. The van der Waals surface area contributed by atoms with E-state index < -0.39 is 0 Å². The van der Waals surface area contributed by atoms with Crippen LogP contribution in [0.4, 0.5) is 0 Å². The summed E-state index contributed by atoms with van der Waals surface area (Å²) in [6.45, 7) is 9.83. The molecule has 0 radical (unpaired) electrons. The molecule has 0 bridgehead atoms. The maximum atomic E-state index is 9.26. The van der Waals surface area contributed by atoms with E-state index in [4.69, 9.17) is 0 Å². The summed E-state index contributed by atoms with van der Waals surface area (Å²) in [5, 5.41) is 13.7. The van der Waals surface area contributed by atoms with Gasteiger partial charge in [-0.3, -0.25) is 0 Å². The van der Waals surface area contributed by atoms with Gasteiger partial charge in [0.05, 0.1) is 11.4 Å². The molecular formula is C13H14N4. The summed E-state index contributed by atoms with van der Waals surface area (Å²) in [6, 6.07) is 4.02. The van der Waals surface area contributed by atoms with Crippen LogP contribution in [0.25, 0.3) is 11.7 Å². The molecule has 0 aliphatic heterocycles. The first-order chi connectivity index (χ1) is 7.99. The lowest BCUT2D eigenvalue weighted by molar-refractivity contribution is 0.561. The van der Waals surface area contributed by atoms with Crippen LogP contribution in [0.3, 0.4) is 0 Å². The Kier molecular flexibility index (Phi) is 2.47. The van der Waals surface area contributed by atoms with Gasteiger partial charge in [-0.15, -0.1) is 0 Å². The lowest BCUT2D eigenvalue weighted by atomic mass is 9.90. The summed E-state index contributed by atoms with van der Waals surface area (Å²) >= 11 is 0. The number of hydrogen-bond acceptors (Lipinski definition) is 3. The minimum Gasteiger partial charge on any atom is -0.236 e. The van der Waals surface area contributed by atoms with Crippen molar-refractivity contribution in [3.8, 4) is 6.07 Å². The van der Waals surface area contributed by atoms with Gasteiger partial charge in [0.15, 0.2) is 5.65 Å². The van der Waals surface area contributed by atoms with Crippen LogP contribution in [0.2, 0.25) is 0 Å². The molecular weight excluding hydrogens is 212 g/mol. The molecule has 86 valence electrons. The van der Waals surface area contributed by atoms with E-state index in [1.807, 2.05) is 26.8 Å². The average Bonchev–Trinajstić information content (AvgIpc) is 2.66. The molecule has 2 rings (SSSR count). The minimum atomic E-state index is -0.183. The summed E-state index contributed by atoms with van der Waals surface area (Å²) in [5.41, 5.74) is 2.55. The van der Waals surface area contributed by atoms with Crippen molar-refractivity contribution < 1.29 is 0 Å². The zero-order valence-electron chi connectivity index (χ0n) is 10.2. The highest BCUT2D eigenvalue weighted by Crippen LogP contribution is 2.26. The van der Waals surface area contributed by atoms with Gasteiger partial charge in [-0.25, -0.2) is 9.50 Å². The highest BCUT2D eigenvalue weighted by molar-refractivity contribution is 5.61. The van der Waals surface area contributed by atoms with Crippen LogP contribution in [0.5, 0.6) is 0 Å². The molecule has 0 aliphatic rings. The Labute approximate surface area is 100 Å². The Morgan fingerprint density at radius 2 is 2.18 bits per heavy atom. The van der Waals surface area contributed by atoms with E-state index in [1.54, 1.807) is 16.8 Å². The van der Waals surface area contributed by atoms with Crippen molar-refractivity contribution in [3.63, 3.8) is 0 Å². The summed E-state index contributed by atoms with van der Waals surface area (Å²) in [4.78, 5) is 4.22. The largest absolute Gasteiger partial charge is 0.236 e. The molecule has 17 heavy (non-hydrogen) atoms. The first-order valence-electron chi connectivity index (χ1n) is 5.40. The third kappa shape index (κ3) is 1.70. The Hall–Kier alpha value is -2.15. The van der Waals surface area contributed by atoms with E-state index in [0.29, 0.717) is 11.2 Å². The lowest BCUT2D eigenvalue weighted by Crippen LogP contribution is -2.13. The van der Waals surface area contributed by atoms with Crippen molar-refractivity contribution in [2.24, 2.45) is 0 Å². The second-order valence-corrected chi connectivity index (χ2v) is 4.89. The molecule has 2 aromatic rings. The summed E-state index contributed by atoms with van der Waals surface area (Å²) in [6.07, 6.45) is 3.37. The number of nitrogens with zero attached hydrogens (tertiary/aromatic N) is 4. The van der Waals surface area contributed by atoms with Crippen LogP contribution in [-0.2, 0) is 5.41 Å². The maximum Gasteiger partial charge on any atom is 0.173 e. The average molecular weight is 226 g/mol. The second-order valence-electron chi connectivity index (χ2n) is 4.89. The lowest BCUT2D eigenvalue weighted by Gasteiger charge is -2.14. The number of nitriles is 1. The molecule has 0 amide bonds. The Bertz CT molecular complexity index is 623. The molecule has 4 nitrogen and oxygen atoms in total. The van der Waals surface area contributed by atoms with Gasteiger partial charge in [-0.05, 0) is 12.1 Å². The molecule has 0 aliphatic carbocycles. The number of fused-ring (bicyclic) bond motifs is 1. The smallest absolute Gasteiger partial charge is 0.173 e. The van der Waals surface area contributed by atoms with Gasteiger partial charge in [0.25, 0.3) is 0 Å². The van der Waals surface area contributed by atoms with Crippen LogP contribution in [0.15, 0.2) is 18.8 Å². The summed E-state index contributed by atoms with van der Waals surface area (Å²) < 4.78 is 1.67. The third-order valence-electron chi connectivity index (χ3n) is 2.58. The zero-order chi connectivity index (χ0) is 12.6. The topological polar surface area (TPSA) is 54.0 Å². The fourth-order valence-corrected chi connectivity index (χ4v) is 1.75. The zero-order valence-corrected chi connectivity index (χ0v) is 10.2. The number of hydrogen-bond donors (Lipinski definition) is 0. The number of rotatable bonds is 1. The number of aromatic nitrogens is 3. The monoisotopic (exact) mass is 226 g/mol. The quantitative estimate of drug-likeness (QED) is 0.750. The van der Waals surface area contributed by atoms with Crippen molar-refractivity contribution >= 4 is 11.7 Å². The summed E-state index contributed by atoms with van der Waals surface area (Å²) in [5.74, 6) is 0. The van der Waals surface area contributed by atoms with Crippen molar-refractivity contribution in [2.45, 2.75) is 26.2 Å². The van der Waals surface area contributed by atoms with Gasteiger partial charge in [0.1, 0.15) is 11.6 Å². The SMILES string of the molecule is C=Cc1ccnc2c(C#N)c(C(C)(C)C)nn12. The summed E-state index contributed by atoms with van der Waals surface area (Å²) in [7, 11) is 0. The first kappa shape index (κ1) is 11.3. The highest BCUT2D eigenvalue weighted by Gasteiger charge is 2.25. The second kappa shape index (κ2) is 3.70. The predicted octanol–water partition coefficient (Wildman–Crippen LogP) is 2.54. The fourth-order valence-electron chi connectivity index (χ4n) is 1.75. The molecule has 0 N–H and O–H groups in total. The van der Waals surface area contributed by atoms with Gasteiger partial charge in [0, 0.05) is 11.6 Å². The van der Waals surface area contributed by atoms with E-state index in [0.717, 1.165) is 11.4 Å². The molecule has 0 fully saturated rings.